The highest BCUT2D eigenvalue weighted by Crippen LogP contribution is 2.44. The number of hydrogen-bond acceptors (Lipinski definition) is 7. The smallest absolute Gasteiger partial charge is 0.162 e. The highest BCUT2D eigenvalue weighted by molar-refractivity contribution is 5.94. The topological polar surface area (TPSA) is 78.9 Å². The van der Waals surface area contributed by atoms with E-state index in [1.54, 1.807) is 12.3 Å². The fraction of sp³-hybridized carbons (Fsp3) is 0.333. The Hall–Kier alpha value is -3.65. The minimum absolute atomic E-state index is 0.104. The molecule has 6 rings (SSSR count). The van der Waals surface area contributed by atoms with Crippen molar-refractivity contribution in [3.8, 4) is 11.4 Å². The van der Waals surface area contributed by atoms with E-state index in [1.807, 2.05) is 37.5 Å². The van der Waals surface area contributed by atoms with Gasteiger partial charge >= 0.3 is 0 Å². The Morgan fingerprint density at radius 1 is 1.09 bits per heavy atom. The lowest BCUT2D eigenvalue weighted by Crippen LogP contribution is -2.44. The van der Waals surface area contributed by atoms with E-state index in [0.717, 1.165) is 54.0 Å². The first-order valence-electron chi connectivity index (χ1n) is 12.3. The second-order valence-electron chi connectivity index (χ2n) is 9.36. The van der Waals surface area contributed by atoms with E-state index in [9.17, 15) is 4.39 Å². The molecule has 178 valence electrons. The number of aromatic nitrogens is 4. The molecule has 2 aliphatic rings. The summed E-state index contributed by atoms with van der Waals surface area (Å²) in [6, 6.07) is 10.4. The van der Waals surface area contributed by atoms with E-state index in [2.05, 4.69) is 25.5 Å². The molecule has 1 aliphatic carbocycles. The van der Waals surface area contributed by atoms with Crippen LogP contribution in [0.1, 0.15) is 42.9 Å². The number of piperazine rings is 1. The van der Waals surface area contributed by atoms with Crippen molar-refractivity contribution in [2.75, 3.05) is 36.4 Å². The lowest BCUT2D eigenvalue weighted by atomic mass is 10.1. The largest absolute Gasteiger partial charge is 0.364 e. The fourth-order valence-electron chi connectivity index (χ4n) is 4.76. The van der Waals surface area contributed by atoms with Crippen LogP contribution < -0.4 is 15.5 Å². The van der Waals surface area contributed by atoms with Gasteiger partial charge in [0.05, 0.1) is 17.8 Å². The second-order valence-corrected chi connectivity index (χ2v) is 9.36. The Morgan fingerprint density at radius 3 is 2.74 bits per heavy atom. The average Bonchev–Trinajstić information content (AvgIpc) is 3.74. The molecule has 1 atom stereocenters. The van der Waals surface area contributed by atoms with Gasteiger partial charge in [0.25, 0.3) is 0 Å². The number of benzene rings is 1. The third-order valence-corrected chi connectivity index (χ3v) is 6.78. The number of anilines is 2. The monoisotopic (exact) mass is 469 g/mol. The SMILES string of the molecule is C[C@@H](Nc1cc(-c2nc(N3CCNCC3)c3c(C4CC4)cncc3n2)ccn1)c1cccc(F)c1. The average molecular weight is 470 g/mol. The van der Waals surface area contributed by atoms with Crippen LogP contribution in [0.15, 0.2) is 55.0 Å². The third kappa shape index (κ3) is 4.53. The van der Waals surface area contributed by atoms with Crippen LogP contribution in [0.3, 0.4) is 0 Å². The molecule has 2 fully saturated rings. The van der Waals surface area contributed by atoms with Gasteiger partial charge in [-0.3, -0.25) is 4.98 Å². The van der Waals surface area contributed by atoms with Crippen molar-refractivity contribution in [1.29, 1.82) is 0 Å². The van der Waals surface area contributed by atoms with Gasteiger partial charge in [0, 0.05) is 49.5 Å². The molecule has 4 heterocycles. The van der Waals surface area contributed by atoms with E-state index >= 15 is 0 Å². The highest BCUT2D eigenvalue weighted by Gasteiger charge is 2.29. The molecule has 35 heavy (non-hydrogen) atoms. The first-order chi connectivity index (χ1) is 17.2. The van der Waals surface area contributed by atoms with Crippen molar-refractivity contribution in [1.82, 2.24) is 25.3 Å². The maximum atomic E-state index is 13.7. The first kappa shape index (κ1) is 21.9. The molecule has 1 aliphatic heterocycles. The molecule has 3 aromatic heterocycles. The Kier molecular flexibility index (Phi) is 5.74. The number of rotatable bonds is 6. The second kappa shape index (κ2) is 9.19. The molecule has 8 heteroatoms. The lowest BCUT2D eigenvalue weighted by molar-refractivity contribution is 0.586. The summed E-state index contributed by atoms with van der Waals surface area (Å²) in [6.45, 7) is 5.68. The van der Waals surface area contributed by atoms with Crippen molar-refractivity contribution in [2.45, 2.75) is 31.7 Å². The molecular formula is C27H28FN7. The fourth-order valence-corrected chi connectivity index (χ4v) is 4.76. The van der Waals surface area contributed by atoms with E-state index in [-0.39, 0.29) is 11.9 Å². The molecule has 0 unspecified atom stereocenters. The summed E-state index contributed by atoms with van der Waals surface area (Å²) < 4.78 is 13.7. The van der Waals surface area contributed by atoms with Gasteiger partial charge in [-0.25, -0.2) is 19.3 Å². The van der Waals surface area contributed by atoms with Gasteiger partial charge in [-0.15, -0.1) is 0 Å². The van der Waals surface area contributed by atoms with Crippen molar-refractivity contribution in [3.63, 3.8) is 0 Å². The standard InChI is InChI=1S/C27H28FN7/c1-17(19-3-2-4-21(28)13-19)32-24-14-20(7-8-31-24)26-33-23-16-30-15-22(18-5-6-18)25(23)27(34-26)35-11-9-29-10-12-35/h2-4,7-8,13-18,29H,5-6,9-12H2,1H3,(H,31,32)/t17-/m1/s1. The predicted molar refractivity (Wildman–Crippen MR) is 136 cm³/mol. The quantitative estimate of drug-likeness (QED) is 0.424. The van der Waals surface area contributed by atoms with Gasteiger partial charge in [-0.2, -0.15) is 0 Å². The molecule has 1 saturated carbocycles. The number of nitrogens with zero attached hydrogens (tertiary/aromatic N) is 5. The zero-order chi connectivity index (χ0) is 23.8. The molecule has 0 amide bonds. The lowest BCUT2D eigenvalue weighted by Gasteiger charge is -2.30. The summed E-state index contributed by atoms with van der Waals surface area (Å²) in [5, 5.41) is 7.95. The minimum atomic E-state index is -0.248. The minimum Gasteiger partial charge on any atom is -0.364 e. The van der Waals surface area contributed by atoms with Crippen molar-refractivity contribution < 1.29 is 4.39 Å². The Labute approximate surface area is 203 Å². The van der Waals surface area contributed by atoms with Crippen LogP contribution in [0.2, 0.25) is 0 Å². The molecule has 0 bridgehead atoms. The van der Waals surface area contributed by atoms with Crippen LogP contribution in [-0.2, 0) is 0 Å². The zero-order valence-corrected chi connectivity index (χ0v) is 19.7. The van der Waals surface area contributed by atoms with E-state index in [4.69, 9.17) is 9.97 Å². The van der Waals surface area contributed by atoms with Crippen molar-refractivity contribution in [2.24, 2.45) is 0 Å². The Bertz CT molecular complexity index is 1370. The summed E-state index contributed by atoms with van der Waals surface area (Å²) >= 11 is 0. The molecule has 0 radical (unpaired) electrons. The van der Waals surface area contributed by atoms with E-state index < -0.39 is 0 Å². The number of hydrogen-bond donors (Lipinski definition) is 2. The van der Waals surface area contributed by atoms with Crippen molar-refractivity contribution >= 4 is 22.5 Å². The van der Waals surface area contributed by atoms with Crippen LogP contribution in [0.4, 0.5) is 16.0 Å². The normalized spacial score (nSPS) is 16.9. The Morgan fingerprint density at radius 2 is 1.94 bits per heavy atom. The van der Waals surface area contributed by atoms with Gasteiger partial charge in [-0.05, 0) is 61.1 Å². The van der Waals surface area contributed by atoms with E-state index in [0.29, 0.717) is 17.6 Å². The molecule has 0 spiro atoms. The molecule has 1 saturated heterocycles. The van der Waals surface area contributed by atoms with Crippen LogP contribution >= 0.6 is 0 Å². The van der Waals surface area contributed by atoms with E-state index in [1.165, 1.54) is 30.5 Å². The van der Waals surface area contributed by atoms with Gasteiger partial charge in [0.2, 0.25) is 0 Å². The summed E-state index contributed by atoms with van der Waals surface area (Å²) in [5.41, 5.74) is 3.89. The maximum Gasteiger partial charge on any atom is 0.162 e. The number of pyridine rings is 2. The predicted octanol–water partition coefficient (Wildman–Crippen LogP) is 4.69. The molecule has 1 aromatic carbocycles. The number of halogens is 1. The van der Waals surface area contributed by atoms with Gasteiger partial charge in [0.15, 0.2) is 5.82 Å². The Balaban J connectivity index is 1.38. The van der Waals surface area contributed by atoms with Gasteiger partial charge in [0.1, 0.15) is 17.5 Å². The summed E-state index contributed by atoms with van der Waals surface area (Å²) in [4.78, 5) is 21.4. The first-order valence-corrected chi connectivity index (χ1v) is 12.3. The van der Waals surface area contributed by atoms with Crippen LogP contribution in [0, 0.1) is 5.82 Å². The molecule has 4 aromatic rings. The summed E-state index contributed by atoms with van der Waals surface area (Å²) in [6.07, 6.45) is 8.01. The molecular weight excluding hydrogens is 441 g/mol. The molecule has 7 nitrogen and oxygen atoms in total. The zero-order valence-electron chi connectivity index (χ0n) is 19.7. The van der Waals surface area contributed by atoms with Crippen LogP contribution in [-0.4, -0.2) is 46.1 Å². The number of fused-ring (bicyclic) bond motifs is 1. The van der Waals surface area contributed by atoms with Crippen LogP contribution in [0.25, 0.3) is 22.3 Å². The molecule has 2 N–H and O–H groups in total. The maximum absolute atomic E-state index is 13.7. The van der Waals surface area contributed by atoms with Crippen LogP contribution in [0.5, 0.6) is 0 Å². The highest BCUT2D eigenvalue weighted by atomic mass is 19.1. The summed E-state index contributed by atoms with van der Waals surface area (Å²) in [5.74, 6) is 2.65. The third-order valence-electron chi connectivity index (χ3n) is 6.78. The summed E-state index contributed by atoms with van der Waals surface area (Å²) in [7, 11) is 0. The van der Waals surface area contributed by atoms with Gasteiger partial charge in [-0.1, -0.05) is 12.1 Å². The number of nitrogens with one attached hydrogen (secondary N) is 2. The van der Waals surface area contributed by atoms with Gasteiger partial charge < -0.3 is 15.5 Å². The van der Waals surface area contributed by atoms with Crippen molar-refractivity contribution in [3.05, 3.63) is 71.9 Å².